The molecule has 6 nitrogen and oxygen atoms in total. The lowest BCUT2D eigenvalue weighted by Crippen LogP contribution is -2.25. The SMILES string of the molecule is CNC(=O)c1cc(N(C)CCOC)ncn1. The van der Waals surface area contributed by atoms with Gasteiger partial charge in [-0.15, -0.1) is 0 Å². The predicted molar refractivity (Wildman–Crippen MR) is 60.6 cm³/mol. The van der Waals surface area contributed by atoms with Crippen molar-refractivity contribution in [1.29, 1.82) is 0 Å². The number of likely N-dealkylation sites (N-methyl/N-ethyl adjacent to an activating group) is 1. The monoisotopic (exact) mass is 224 g/mol. The highest BCUT2D eigenvalue weighted by Gasteiger charge is 2.08. The Morgan fingerprint density at radius 2 is 2.31 bits per heavy atom. The summed E-state index contributed by atoms with van der Waals surface area (Å²) < 4.78 is 4.97. The van der Waals surface area contributed by atoms with E-state index in [0.29, 0.717) is 24.7 Å². The van der Waals surface area contributed by atoms with Gasteiger partial charge < -0.3 is 15.0 Å². The summed E-state index contributed by atoms with van der Waals surface area (Å²) in [6.07, 6.45) is 1.38. The van der Waals surface area contributed by atoms with E-state index < -0.39 is 0 Å². The Kier molecular flexibility index (Phi) is 4.65. The van der Waals surface area contributed by atoms with Crippen molar-refractivity contribution < 1.29 is 9.53 Å². The van der Waals surface area contributed by atoms with E-state index >= 15 is 0 Å². The summed E-state index contributed by atoms with van der Waals surface area (Å²) in [5.41, 5.74) is 0.358. The summed E-state index contributed by atoms with van der Waals surface area (Å²) in [4.78, 5) is 21.2. The van der Waals surface area contributed by atoms with Gasteiger partial charge in [-0.05, 0) is 0 Å². The van der Waals surface area contributed by atoms with E-state index in [1.165, 1.54) is 6.33 Å². The molecule has 0 bridgehead atoms. The van der Waals surface area contributed by atoms with Gasteiger partial charge in [-0.3, -0.25) is 4.79 Å². The van der Waals surface area contributed by atoms with Crippen molar-refractivity contribution >= 4 is 11.7 Å². The molecule has 0 radical (unpaired) electrons. The lowest BCUT2D eigenvalue weighted by molar-refractivity contribution is 0.0958. The third kappa shape index (κ3) is 3.16. The Morgan fingerprint density at radius 3 is 2.94 bits per heavy atom. The van der Waals surface area contributed by atoms with E-state index in [0.717, 1.165) is 0 Å². The molecule has 0 aliphatic rings. The van der Waals surface area contributed by atoms with Crippen molar-refractivity contribution in [1.82, 2.24) is 15.3 Å². The van der Waals surface area contributed by atoms with Gasteiger partial charge in [0, 0.05) is 33.8 Å². The minimum Gasteiger partial charge on any atom is -0.383 e. The molecule has 0 aromatic carbocycles. The lowest BCUT2D eigenvalue weighted by atomic mass is 10.3. The standard InChI is InChI=1S/C10H16N4O2/c1-11-10(15)8-6-9(13-7-12-8)14(2)4-5-16-3/h6-7H,4-5H2,1-3H3,(H,11,15). The highest BCUT2D eigenvalue weighted by atomic mass is 16.5. The third-order valence-electron chi connectivity index (χ3n) is 2.13. The molecule has 6 heteroatoms. The molecule has 16 heavy (non-hydrogen) atoms. The van der Waals surface area contributed by atoms with Crippen LogP contribution in [0.25, 0.3) is 0 Å². The Balaban J connectivity index is 2.77. The van der Waals surface area contributed by atoms with E-state index in [9.17, 15) is 4.79 Å². The van der Waals surface area contributed by atoms with Crippen molar-refractivity contribution in [2.24, 2.45) is 0 Å². The van der Waals surface area contributed by atoms with Crippen LogP contribution in [0, 0.1) is 0 Å². The number of ether oxygens (including phenoxy) is 1. The van der Waals surface area contributed by atoms with Gasteiger partial charge in [0.25, 0.3) is 5.91 Å². The quantitative estimate of drug-likeness (QED) is 0.757. The average molecular weight is 224 g/mol. The number of aromatic nitrogens is 2. The molecule has 0 aliphatic carbocycles. The molecule has 1 N–H and O–H groups in total. The van der Waals surface area contributed by atoms with E-state index in [2.05, 4.69) is 15.3 Å². The molecule has 0 unspecified atom stereocenters. The number of amides is 1. The molecule has 0 saturated carbocycles. The van der Waals surface area contributed by atoms with E-state index in [4.69, 9.17) is 4.74 Å². The van der Waals surface area contributed by atoms with Gasteiger partial charge in [0.2, 0.25) is 0 Å². The first-order valence-corrected chi connectivity index (χ1v) is 4.93. The summed E-state index contributed by atoms with van der Waals surface area (Å²) in [5.74, 6) is 0.481. The van der Waals surface area contributed by atoms with Crippen LogP contribution < -0.4 is 10.2 Å². The smallest absolute Gasteiger partial charge is 0.269 e. The second-order valence-electron chi connectivity index (χ2n) is 3.25. The first kappa shape index (κ1) is 12.4. The van der Waals surface area contributed by atoms with Gasteiger partial charge in [-0.25, -0.2) is 9.97 Å². The number of carbonyl (C=O) groups excluding carboxylic acids is 1. The maximum absolute atomic E-state index is 11.4. The molecule has 0 atom stereocenters. The zero-order valence-electron chi connectivity index (χ0n) is 9.73. The third-order valence-corrected chi connectivity index (χ3v) is 2.13. The Morgan fingerprint density at radius 1 is 1.56 bits per heavy atom. The zero-order valence-corrected chi connectivity index (χ0v) is 9.73. The summed E-state index contributed by atoms with van der Waals surface area (Å²) in [7, 11) is 5.09. The minimum atomic E-state index is -0.219. The second kappa shape index (κ2) is 6.02. The maximum Gasteiger partial charge on any atom is 0.269 e. The molecular formula is C10H16N4O2. The summed E-state index contributed by atoms with van der Waals surface area (Å²) in [6.45, 7) is 1.32. The normalized spacial score (nSPS) is 9.94. The van der Waals surface area contributed by atoms with Crippen LogP contribution in [0.5, 0.6) is 0 Å². The van der Waals surface area contributed by atoms with Crippen LogP contribution >= 0.6 is 0 Å². The minimum absolute atomic E-state index is 0.219. The van der Waals surface area contributed by atoms with Crippen molar-refractivity contribution in [2.45, 2.75) is 0 Å². The van der Waals surface area contributed by atoms with Gasteiger partial charge >= 0.3 is 0 Å². The van der Waals surface area contributed by atoms with Gasteiger partial charge in [-0.1, -0.05) is 0 Å². The number of carbonyl (C=O) groups is 1. The molecule has 1 aromatic heterocycles. The largest absolute Gasteiger partial charge is 0.383 e. The summed E-state index contributed by atoms with van der Waals surface area (Å²) in [5, 5.41) is 2.52. The molecule has 0 saturated heterocycles. The fourth-order valence-electron chi connectivity index (χ4n) is 1.15. The highest BCUT2D eigenvalue weighted by molar-refractivity contribution is 5.92. The van der Waals surface area contributed by atoms with Crippen LogP contribution in [0.2, 0.25) is 0 Å². The van der Waals surface area contributed by atoms with E-state index in [-0.39, 0.29) is 5.91 Å². The second-order valence-corrected chi connectivity index (χ2v) is 3.25. The van der Waals surface area contributed by atoms with Gasteiger partial charge in [-0.2, -0.15) is 0 Å². The first-order chi connectivity index (χ1) is 7.69. The molecule has 1 amide bonds. The molecule has 88 valence electrons. The van der Waals surface area contributed by atoms with Crippen LogP contribution in [0.1, 0.15) is 10.5 Å². The fourth-order valence-corrected chi connectivity index (χ4v) is 1.15. The number of hydrogen-bond acceptors (Lipinski definition) is 5. The maximum atomic E-state index is 11.4. The lowest BCUT2D eigenvalue weighted by Gasteiger charge is -2.17. The zero-order chi connectivity index (χ0) is 12.0. The van der Waals surface area contributed by atoms with Crippen LogP contribution in [-0.2, 0) is 4.74 Å². The number of anilines is 1. The molecule has 0 aliphatic heterocycles. The van der Waals surface area contributed by atoms with Crippen molar-refractivity contribution in [3.63, 3.8) is 0 Å². The fraction of sp³-hybridized carbons (Fsp3) is 0.500. The summed E-state index contributed by atoms with van der Waals surface area (Å²) >= 11 is 0. The molecular weight excluding hydrogens is 208 g/mol. The molecule has 0 spiro atoms. The van der Waals surface area contributed by atoms with Gasteiger partial charge in [0.15, 0.2) is 0 Å². The van der Waals surface area contributed by atoms with Crippen molar-refractivity contribution in [3.05, 3.63) is 18.1 Å². The van der Waals surface area contributed by atoms with Crippen LogP contribution in [0.15, 0.2) is 12.4 Å². The van der Waals surface area contributed by atoms with Crippen LogP contribution in [0.4, 0.5) is 5.82 Å². The van der Waals surface area contributed by atoms with Crippen molar-refractivity contribution in [3.8, 4) is 0 Å². The van der Waals surface area contributed by atoms with Crippen molar-refractivity contribution in [2.75, 3.05) is 39.3 Å². The predicted octanol–water partition coefficient (Wildman–Crippen LogP) is -0.0812. The number of nitrogens with zero attached hydrogens (tertiary/aromatic N) is 3. The summed E-state index contributed by atoms with van der Waals surface area (Å²) in [6, 6.07) is 1.65. The molecule has 1 aromatic rings. The van der Waals surface area contributed by atoms with Crippen LogP contribution in [-0.4, -0.2) is 50.2 Å². The number of methoxy groups -OCH3 is 1. The molecule has 1 rings (SSSR count). The molecule has 1 heterocycles. The number of rotatable bonds is 5. The van der Waals surface area contributed by atoms with Crippen LogP contribution in [0.3, 0.4) is 0 Å². The first-order valence-electron chi connectivity index (χ1n) is 4.93. The van der Waals surface area contributed by atoms with Gasteiger partial charge in [0.1, 0.15) is 17.8 Å². The number of nitrogens with one attached hydrogen (secondary N) is 1. The van der Waals surface area contributed by atoms with E-state index in [1.54, 1.807) is 20.2 Å². The van der Waals surface area contributed by atoms with Gasteiger partial charge in [0.05, 0.1) is 6.61 Å². The Labute approximate surface area is 94.6 Å². The molecule has 0 fully saturated rings. The Bertz CT molecular complexity index is 356. The number of hydrogen-bond donors (Lipinski definition) is 1. The Hall–Kier alpha value is -1.69. The highest BCUT2D eigenvalue weighted by Crippen LogP contribution is 2.08. The van der Waals surface area contributed by atoms with E-state index in [1.807, 2.05) is 11.9 Å². The average Bonchev–Trinajstić information content (AvgIpc) is 2.35. The topological polar surface area (TPSA) is 67.4 Å².